The zero-order valence-corrected chi connectivity index (χ0v) is 7.21. The smallest absolute Gasteiger partial charge is 0.362 e. The molecule has 1 aromatic heterocycles. The van der Waals surface area contributed by atoms with Gasteiger partial charge in [-0.2, -0.15) is 0 Å². The summed E-state index contributed by atoms with van der Waals surface area (Å²) in [6.45, 7) is 0.0446. The molecule has 0 unspecified atom stereocenters. The van der Waals surface area contributed by atoms with Gasteiger partial charge in [0.25, 0.3) is 0 Å². The van der Waals surface area contributed by atoms with Crippen molar-refractivity contribution in [3.05, 3.63) is 28.2 Å². The molecule has 72 valence electrons. The molecule has 0 spiro atoms. The van der Waals surface area contributed by atoms with Crippen molar-refractivity contribution in [1.82, 2.24) is 9.30 Å². The third-order valence-electron chi connectivity index (χ3n) is 1.52. The van der Waals surface area contributed by atoms with Crippen LogP contribution >= 0.6 is 0 Å². The van der Waals surface area contributed by atoms with E-state index in [9.17, 15) is 10.0 Å². The van der Waals surface area contributed by atoms with Crippen molar-refractivity contribution >= 4 is 0 Å². The molecule has 6 nitrogen and oxygen atoms in total. The average molecular weight is 185 g/mol. The third kappa shape index (κ3) is 1.97. The number of hydrogen-bond donors (Lipinski definition) is 2. The van der Waals surface area contributed by atoms with Crippen LogP contribution in [0.5, 0.6) is 0 Å². The summed E-state index contributed by atoms with van der Waals surface area (Å²) in [5.41, 5.74) is -0.434. The lowest BCUT2D eigenvalue weighted by Gasteiger charge is -1.99. The summed E-state index contributed by atoms with van der Waals surface area (Å²) < 4.78 is 1.66. The lowest BCUT2D eigenvalue weighted by atomic mass is 10.6. The van der Waals surface area contributed by atoms with Crippen molar-refractivity contribution in [2.75, 3.05) is 13.2 Å². The normalized spacial score (nSPS) is 12.0. The molecule has 0 fully saturated rings. The first-order valence-corrected chi connectivity index (χ1v) is 3.76. The van der Waals surface area contributed by atoms with Crippen LogP contribution in [0, 0.1) is 0 Å². The molecule has 2 N–H and O–H groups in total. The van der Waals surface area contributed by atoms with Gasteiger partial charge in [-0.25, -0.2) is 4.79 Å². The summed E-state index contributed by atoms with van der Waals surface area (Å²) >= 11 is 0. The van der Waals surface area contributed by atoms with E-state index in [-0.39, 0.29) is 18.6 Å². The van der Waals surface area contributed by atoms with Gasteiger partial charge < -0.3 is 14.9 Å². The molecule has 0 saturated carbocycles. The van der Waals surface area contributed by atoms with Gasteiger partial charge in [0.1, 0.15) is 0 Å². The molecule has 0 aromatic carbocycles. The molecular formula is C7H11N3O3. The van der Waals surface area contributed by atoms with Crippen LogP contribution in [-0.2, 0) is 7.05 Å². The Labute approximate surface area is 74.0 Å². The second-order valence-electron chi connectivity index (χ2n) is 2.48. The summed E-state index contributed by atoms with van der Waals surface area (Å²) in [4.78, 5) is 14.9. The lowest BCUT2D eigenvalue weighted by Crippen LogP contribution is -2.37. The zero-order chi connectivity index (χ0) is 9.84. The van der Waals surface area contributed by atoms with Gasteiger partial charge in [-0.1, -0.05) is 0 Å². The van der Waals surface area contributed by atoms with Crippen molar-refractivity contribution in [2.24, 2.45) is 12.0 Å². The predicted octanol–water partition coefficient (Wildman–Crippen LogP) is -1.68. The highest BCUT2D eigenvalue weighted by molar-refractivity contribution is 4.82. The van der Waals surface area contributed by atoms with Crippen LogP contribution in [0.2, 0.25) is 0 Å². The van der Waals surface area contributed by atoms with E-state index in [1.54, 1.807) is 0 Å². The fraction of sp³-hybridized carbons (Fsp3) is 0.429. The van der Waals surface area contributed by atoms with Gasteiger partial charge in [0.05, 0.1) is 13.2 Å². The maximum Gasteiger partial charge on any atom is 0.362 e. The second-order valence-corrected chi connectivity index (χ2v) is 2.48. The minimum atomic E-state index is -0.570. The highest BCUT2D eigenvalue weighted by atomic mass is 16.5. The summed E-state index contributed by atoms with van der Waals surface area (Å²) in [5.74, 6) is 0. The van der Waals surface area contributed by atoms with E-state index in [2.05, 4.69) is 4.99 Å². The number of hydrogen-bond acceptors (Lipinski definition) is 4. The van der Waals surface area contributed by atoms with Gasteiger partial charge in [-0.3, -0.25) is 4.99 Å². The van der Waals surface area contributed by atoms with Crippen molar-refractivity contribution in [3.63, 3.8) is 0 Å². The molecule has 0 bridgehead atoms. The van der Waals surface area contributed by atoms with Crippen molar-refractivity contribution in [1.29, 1.82) is 0 Å². The monoisotopic (exact) mass is 185 g/mol. The van der Waals surface area contributed by atoms with Gasteiger partial charge in [-0.05, 0) is 0 Å². The molecule has 1 rings (SSSR count). The zero-order valence-electron chi connectivity index (χ0n) is 7.21. The maximum atomic E-state index is 11.1. The van der Waals surface area contributed by atoms with E-state index in [1.165, 1.54) is 23.9 Å². The Morgan fingerprint density at radius 1 is 1.62 bits per heavy atom. The number of rotatable bonds is 2. The molecule has 6 heteroatoms. The predicted molar refractivity (Wildman–Crippen MR) is 44.4 cm³/mol. The Morgan fingerprint density at radius 2 is 2.31 bits per heavy atom. The quantitative estimate of drug-likeness (QED) is 0.540. The maximum absolute atomic E-state index is 11.1. The van der Waals surface area contributed by atoms with Crippen LogP contribution < -0.4 is 11.2 Å². The van der Waals surface area contributed by atoms with E-state index in [0.717, 1.165) is 0 Å². The molecule has 0 amide bonds. The Kier molecular flexibility index (Phi) is 2.86. The molecule has 0 aliphatic rings. The summed E-state index contributed by atoms with van der Waals surface area (Å²) in [6.07, 6.45) is 1.49. The fourth-order valence-corrected chi connectivity index (χ4v) is 0.844. The van der Waals surface area contributed by atoms with Crippen molar-refractivity contribution in [2.45, 2.75) is 0 Å². The van der Waals surface area contributed by atoms with Gasteiger partial charge in [0.15, 0.2) is 5.49 Å². The van der Waals surface area contributed by atoms with Crippen LogP contribution in [0.4, 0.5) is 0 Å². The highest BCUT2D eigenvalue weighted by Gasteiger charge is 1.96. The summed E-state index contributed by atoms with van der Waals surface area (Å²) in [7, 11) is 1.52. The minimum absolute atomic E-state index is 0.116. The number of aryl methyl sites for hydroxylation is 1. The van der Waals surface area contributed by atoms with Gasteiger partial charge in [-0.15, -0.1) is 4.73 Å². The standard InChI is InChI=1S/C7H11N3O3/c1-9-4-2-6(8-3-5-11)10(13)7(9)12/h2,4,11,13H,3,5H2,1H3. The van der Waals surface area contributed by atoms with E-state index < -0.39 is 5.69 Å². The van der Waals surface area contributed by atoms with Gasteiger partial charge in [0, 0.05) is 19.3 Å². The number of nitrogens with zero attached hydrogens (tertiary/aromatic N) is 3. The van der Waals surface area contributed by atoms with Crippen molar-refractivity contribution in [3.8, 4) is 0 Å². The molecule has 0 atom stereocenters. The number of aliphatic hydroxyl groups excluding tert-OH is 1. The molecule has 1 aromatic rings. The van der Waals surface area contributed by atoms with Crippen LogP contribution in [0.15, 0.2) is 22.1 Å². The van der Waals surface area contributed by atoms with Crippen LogP contribution in [0.3, 0.4) is 0 Å². The Balaban J connectivity index is 3.26. The molecule has 0 aliphatic carbocycles. The molecular weight excluding hydrogens is 174 g/mol. The van der Waals surface area contributed by atoms with Gasteiger partial charge >= 0.3 is 5.69 Å². The molecule has 1 heterocycles. The lowest BCUT2D eigenvalue weighted by molar-refractivity contribution is 0.152. The minimum Gasteiger partial charge on any atom is -0.422 e. The second kappa shape index (κ2) is 3.90. The average Bonchev–Trinajstić information content (AvgIpc) is 2.13. The van der Waals surface area contributed by atoms with Crippen molar-refractivity contribution < 1.29 is 10.3 Å². The molecule has 0 radical (unpaired) electrons. The van der Waals surface area contributed by atoms with Gasteiger partial charge in [0.2, 0.25) is 0 Å². The fourth-order valence-electron chi connectivity index (χ4n) is 0.844. The first-order chi connectivity index (χ1) is 6.16. The summed E-state index contributed by atoms with van der Waals surface area (Å²) in [5, 5.41) is 17.7. The molecule has 13 heavy (non-hydrogen) atoms. The van der Waals surface area contributed by atoms with E-state index in [4.69, 9.17) is 5.11 Å². The Hall–Kier alpha value is -1.56. The first kappa shape index (κ1) is 9.53. The third-order valence-corrected chi connectivity index (χ3v) is 1.52. The van der Waals surface area contributed by atoms with Crippen LogP contribution in [0.1, 0.15) is 0 Å². The first-order valence-electron chi connectivity index (χ1n) is 3.76. The van der Waals surface area contributed by atoms with E-state index in [0.29, 0.717) is 4.73 Å². The molecule has 0 saturated heterocycles. The van der Waals surface area contributed by atoms with Crippen LogP contribution in [0.25, 0.3) is 0 Å². The SMILES string of the molecule is Cn1ccc(=NCCO)n(O)c1=O. The van der Waals surface area contributed by atoms with Crippen LogP contribution in [-0.4, -0.2) is 32.8 Å². The topological polar surface area (TPSA) is 79.8 Å². The van der Waals surface area contributed by atoms with E-state index >= 15 is 0 Å². The highest BCUT2D eigenvalue weighted by Crippen LogP contribution is 1.70. The largest absolute Gasteiger partial charge is 0.422 e. The Bertz CT molecular complexity index is 404. The Morgan fingerprint density at radius 3 is 2.92 bits per heavy atom. The summed E-state index contributed by atoms with van der Waals surface area (Å²) in [6, 6.07) is 1.48. The van der Waals surface area contributed by atoms with E-state index in [1.807, 2.05) is 0 Å². The number of aromatic nitrogens is 2. The molecule has 0 aliphatic heterocycles. The number of aliphatic hydroxyl groups is 1.